The van der Waals surface area contributed by atoms with Gasteiger partial charge in [-0.05, 0) is 43.2 Å². The number of halogens is 3. The number of imidazole rings is 1. The molecule has 32 heavy (non-hydrogen) atoms. The van der Waals surface area contributed by atoms with E-state index in [4.69, 9.17) is 34.8 Å². The number of nitrogens with one attached hydrogen (secondary N) is 1. The average molecular weight is 495 g/mol. The van der Waals surface area contributed by atoms with Gasteiger partial charge in [0, 0.05) is 18.7 Å². The van der Waals surface area contributed by atoms with Gasteiger partial charge in [0.1, 0.15) is 11.0 Å². The van der Waals surface area contributed by atoms with E-state index in [9.17, 15) is 14.7 Å². The third-order valence-corrected chi connectivity index (χ3v) is 6.08. The van der Waals surface area contributed by atoms with E-state index in [1.54, 1.807) is 12.1 Å². The number of carboxylic acids is 1. The van der Waals surface area contributed by atoms with Gasteiger partial charge in [-0.1, -0.05) is 60.3 Å². The van der Waals surface area contributed by atoms with E-state index in [2.05, 4.69) is 21.8 Å². The largest absolute Gasteiger partial charge is 0.478 e. The Morgan fingerprint density at radius 3 is 2.25 bits per heavy atom. The molecule has 0 aliphatic carbocycles. The Morgan fingerprint density at radius 2 is 1.66 bits per heavy atom. The van der Waals surface area contributed by atoms with Crippen molar-refractivity contribution in [1.29, 1.82) is 0 Å². The highest BCUT2D eigenvalue weighted by atomic mass is 35.5. The predicted octanol–water partition coefficient (Wildman–Crippen LogP) is 6.49. The molecule has 0 spiro atoms. The lowest BCUT2D eigenvalue weighted by molar-refractivity contribution is 0.0692. The van der Waals surface area contributed by atoms with Gasteiger partial charge in [-0.2, -0.15) is 0 Å². The number of unbranched alkanes of at least 4 members (excludes halogenated alkanes) is 1. The Labute approximate surface area is 201 Å². The third kappa shape index (κ3) is 5.26. The number of anilines is 1. The molecule has 1 aromatic heterocycles. The van der Waals surface area contributed by atoms with Crippen molar-refractivity contribution in [3.8, 4) is 0 Å². The Balaban J connectivity index is 1.79. The topological polar surface area (TPSA) is 84.2 Å². The molecule has 0 radical (unpaired) electrons. The van der Waals surface area contributed by atoms with Crippen LogP contribution in [0, 0.1) is 6.92 Å². The van der Waals surface area contributed by atoms with Crippen molar-refractivity contribution >= 4 is 52.4 Å². The lowest BCUT2D eigenvalue weighted by atomic mass is 10.1. The Hall–Kier alpha value is -2.54. The highest BCUT2D eigenvalue weighted by Crippen LogP contribution is 2.28. The molecular formula is C23H22Cl3N3O3. The maximum atomic E-state index is 12.7. The van der Waals surface area contributed by atoms with Gasteiger partial charge in [0.05, 0.1) is 26.9 Å². The molecule has 6 nitrogen and oxygen atoms in total. The van der Waals surface area contributed by atoms with Crippen molar-refractivity contribution in [1.82, 2.24) is 9.55 Å². The summed E-state index contributed by atoms with van der Waals surface area (Å²) in [4.78, 5) is 28.8. The molecule has 9 heteroatoms. The number of carbonyl (C=O) groups excluding carboxylic acids is 1. The van der Waals surface area contributed by atoms with E-state index in [1.807, 2.05) is 19.1 Å². The Morgan fingerprint density at radius 1 is 1.03 bits per heavy atom. The minimum absolute atomic E-state index is 0.00740. The summed E-state index contributed by atoms with van der Waals surface area (Å²) in [6.45, 7) is 4.67. The predicted molar refractivity (Wildman–Crippen MR) is 128 cm³/mol. The molecule has 1 heterocycles. The van der Waals surface area contributed by atoms with Crippen LogP contribution in [0.3, 0.4) is 0 Å². The number of aromatic carboxylic acids is 1. The van der Waals surface area contributed by atoms with Crippen molar-refractivity contribution in [3.63, 3.8) is 0 Å². The zero-order valence-electron chi connectivity index (χ0n) is 17.6. The molecule has 2 N–H and O–H groups in total. The van der Waals surface area contributed by atoms with Crippen molar-refractivity contribution < 1.29 is 14.7 Å². The van der Waals surface area contributed by atoms with Crippen LogP contribution in [0.25, 0.3) is 0 Å². The highest BCUT2D eigenvalue weighted by molar-refractivity contribution is 6.39. The van der Waals surface area contributed by atoms with E-state index in [0.717, 1.165) is 36.3 Å². The van der Waals surface area contributed by atoms with Crippen LogP contribution >= 0.6 is 34.8 Å². The standard InChI is InChI=1S/C23H22Cl3N3O3/c1-3-4-5-18-28-21(26)13(2)29(18)12-14-6-8-15(9-7-14)27-22(30)19-16(24)10-11-17(25)20(19)23(31)32/h6-11H,3-5,12H2,1-2H3,(H,27,30)(H,31,32). The molecule has 1 amide bonds. The number of aromatic nitrogens is 2. The normalized spacial score (nSPS) is 10.9. The lowest BCUT2D eigenvalue weighted by Gasteiger charge is -2.13. The fourth-order valence-electron chi connectivity index (χ4n) is 3.35. The Kier molecular flexibility index (Phi) is 7.82. The van der Waals surface area contributed by atoms with Crippen molar-refractivity contribution in [2.45, 2.75) is 39.7 Å². The van der Waals surface area contributed by atoms with Gasteiger partial charge in [-0.15, -0.1) is 0 Å². The minimum atomic E-state index is -1.33. The van der Waals surface area contributed by atoms with Gasteiger partial charge in [0.25, 0.3) is 5.91 Å². The molecule has 0 saturated heterocycles. The summed E-state index contributed by atoms with van der Waals surface area (Å²) in [5.74, 6) is -1.03. The number of carbonyl (C=O) groups is 2. The number of hydrogen-bond donors (Lipinski definition) is 2. The number of benzene rings is 2. The summed E-state index contributed by atoms with van der Waals surface area (Å²) < 4.78 is 2.09. The van der Waals surface area contributed by atoms with Crippen LogP contribution in [0.4, 0.5) is 5.69 Å². The molecule has 0 fully saturated rings. The van der Waals surface area contributed by atoms with Crippen LogP contribution in [-0.2, 0) is 13.0 Å². The number of nitrogens with zero attached hydrogens (tertiary/aromatic N) is 2. The summed E-state index contributed by atoms with van der Waals surface area (Å²) in [5.41, 5.74) is 1.90. The average Bonchev–Trinajstić information content (AvgIpc) is 3.02. The number of aryl methyl sites for hydroxylation is 1. The molecule has 0 saturated carbocycles. The first kappa shape index (κ1) is 24.1. The van der Waals surface area contributed by atoms with Gasteiger partial charge >= 0.3 is 5.97 Å². The lowest BCUT2D eigenvalue weighted by Crippen LogP contribution is -2.17. The van der Waals surface area contributed by atoms with E-state index in [0.29, 0.717) is 17.4 Å². The first-order valence-corrected chi connectivity index (χ1v) is 11.2. The van der Waals surface area contributed by atoms with Crippen LogP contribution in [0.5, 0.6) is 0 Å². The van der Waals surface area contributed by atoms with Crippen molar-refractivity contribution in [2.75, 3.05) is 5.32 Å². The number of amides is 1. The monoisotopic (exact) mass is 493 g/mol. The summed E-state index contributed by atoms with van der Waals surface area (Å²) in [6, 6.07) is 9.98. The van der Waals surface area contributed by atoms with Crippen LogP contribution in [0.2, 0.25) is 15.2 Å². The van der Waals surface area contributed by atoms with Crippen molar-refractivity contribution in [2.24, 2.45) is 0 Å². The van der Waals surface area contributed by atoms with E-state index in [1.165, 1.54) is 12.1 Å². The van der Waals surface area contributed by atoms with Gasteiger partial charge < -0.3 is 15.0 Å². The molecule has 3 rings (SSSR count). The summed E-state index contributed by atoms with van der Waals surface area (Å²) in [6.07, 6.45) is 2.95. The molecule has 0 unspecified atom stereocenters. The summed E-state index contributed by atoms with van der Waals surface area (Å²) in [5, 5.41) is 12.6. The maximum Gasteiger partial charge on any atom is 0.338 e. The zero-order chi connectivity index (χ0) is 23.4. The van der Waals surface area contributed by atoms with Gasteiger partial charge in [-0.25, -0.2) is 9.78 Å². The second-order valence-electron chi connectivity index (χ2n) is 7.33. The third-order valence-electron chi connectivity index (χ3n) is 5.09. The second kappa shape index (κ2) is 10.4. The SMILES string of the molecule is CCCCc1nc(Cl)c(C)n1Cc1ccc(NC(=O)c2c(Cl)ccc(Cl)c2C(=O)O)cc1. The molecule has 0 atom stereocenters. The first-order valence-electron chi connectivity index (χ1n) is 10.1. The van der Waals surface area contributed by atoms with Gasteiger partial charge in [-0.3, -0.25) is 4.79 Å². The quantitative estimate of drug-likeness (QED) is 0.375. The molecule has 0 bridgehead atoms. The van der Waals surface area contributed by atoms with Crippen LogP contribution in [0.15, 0.2) is 36.4 Å². The minimum Gasteiger partial charge on any atom is -0.478 e. The van der Waals surface area contributed by atoms with Crippen molar-refractivity contribution in [3.05, 3.63) is 79.8 Å². The first-order chi connectivity index (χ1) is 15.2. The molecule has 0 aliphatic heterocycles. The molecular weight excluding hydrogens is 473 g/mol. The molecule has 2 aromatic carbocycles. The van der Waals surface area contributed by atoms with Crippen LogP contribution in [0.1, 0.15) is 57.6 Å². The van der Waals surface area contributed by atoms with E-state index in [-0.39, 0.29) is 21.2 Å². The van der Waals surface area contributed by atoms with E-state index >= 15 is 0 Å². The summed E-state index contributed by atoms with van der Waals surface area (Å²) in [7, 11) is 0. The fourth-order valence-corrected chi connectivity index (χ4v) is 4.03. The maximum absolute atomic E-state index is 12.7. The Bertz CT molecular complexity index is 1160. The fraction of sp³-hybridized carbons (Fsp3) is 0.261. The molecule has 168 valence electrons. The van der Waals surface area contributed by atoms with Gasteiger partial charge in [0.2, 0.25) is 0 Å². The van der Waals surface area contributed by atoms with Crippen LogP contribution < -0.4 is 5.32 Å². The number of hydrogen-bond acceptors (Lipinski definition) is 3. The smallest absolute Gasteiger partial charge is 0.338 e. The second-order valence-corrected chi connectivity index (χ2v) is 8.50. The molecule has 0 aliphatic rings. The van der Waals surface area contributed by atoms with Gasteiger partial charge in [0.15, 0.2) is 0 Å². The molecule has 3 aromatic rings. The number of rotatable bonds is 8. The number of carboxylic acid groups (broad SMARTS) is 1. The van der Waals surface area contributed by atoms with E-state index < -0.39 is 11.9 Å². The summed E-state index contributed by atoms with van der Waals surface area (Å²) >= 11 is 18.3. The van der Waals surface area contributed by atoms with Crippen LogP contribution in [-0.4, -0.2) is 26.5 Å². The highest BCUT2D eigenvalue weighted by Gasteiger charge is 2.23. The zero-order valence-corrected chi connectivity index (χ0v) is 19.9.